The maximum Gasteiger partial charge on any atom is 0.244 e. The zero-order chi connectivity index (χ0) is 15.4. The molecule has 1 aliphatic rings. The van der Waals surface area contributed by atoms with E-state index in [1.807, 2.05) is 34.2 Å². The van der Waals surface area contributed by atoms with Gasteiger partial charge in [-0.15, -0.1) is 11.3 Å². The fourth-order valence-corrected chi connectivity index (χ4v) is 4.14. The molecule has 0 spiro atoms. The first kappa shape index (κ1) is 15.5. The first-order valence-electron chi connectivity index (χ1n) is 7.50. The SMILES string of the molecule is C[C@@H](CNC(=O)/C=C/c1ccsc1)N1CCc2sccc2C1. The molecule has 0 fully saturated rings. The lowest BCUT2D eigenvalue weighted by Gasteiger charge is -2.32. The molecule has 0 aliphatic carbocycles. The van der Waals surface area contributed by atoms with Crippen molar-refractivity contribution in [3.8, 4) is 0 Å². The summed E-state index contributed by atoms with van der Waals surface area (Å²) in [6.07, 6.45) is 4.60. The van der Waals surface area contributed by atoms with Crippen molar-refractivity contribution >= 4 is 34.7 Å². The highest BCUT2D eigenvalue weighted by Crippen LogP contribution is 2.24. The standard InChI is InChI=1S/C17H20N2OS2/c1-13(19-7-4-16-15(11-19)6-9-22-16)10-18-17(20)3-2-14-5-8-21-12-14/h2-3,5-6,8-9,12-13H,4,7,10-11H2,1H3,(H,18,20)/b3-2+/t13-/m0/s1. The van der Waals surface area contributed by atoms with E-state index < -0.39 is 0 Å². The molecule has 22 heavy (non-hydrogen) atoms. The van der Waals surface area contributed by atoms with Crippen LogP contribution in [0.2, 0.25) is 0 Å². The monoisotopic (exact) mass is 332 g/mol. The summed E-state index contributed by atoms with van der Waals surface area (Å²) in [6.45, 7) is 4.95. The van der Waals surface area contributed by atoms with E-state index >= 15 is 0 Å². The second kappa shape index (κ2) is 7.22. The van der Waals surface area contributed by atoms with Crippen LogP contribution in [0.1, 0.15) is 22.9 Å². The molecular formula is C17H20N2OS2. The smallest absolute Gasteiger partial charge is 0.244 e. The molecule has 0 bridgehead atoms. The third-order valence-electron chi connectivity index (χ3n) is 4.00. The Morgan fingerprint density at radius 2 is 2.36 bits per heavy atom. The van der Waals surface area contributed by atoms with Crippen molar-refractivity contribution in [3.63, 3.8) is 0 Å². The topological polar surface area (TPSA) is 32.3 Å². The van der Waals surface area contributed by atoms with E-state index in [0.717, 1.165) is 25.1 Å². The van der Waals surface area contributed by atoms with Gasteiger partial charge in [0.2, 0.25) is 5.91 Å². The Morgan fingerprint density at radius 3 is 3.18 bits per heavy atom. The Kier molecular flexibility index (Phi) is 5.08. The third kappa shape index (κ3) is 3.85. The summed E-state index contributed by atoms with van der Waals surface area (Å²) in [6, 6.07) is 4.58. The lowest BCUT2D eigenvalue weighted by molar-refractivity contribution is -0.116. The van der Waals surface area contributed by atoms with Crippen molar-refractivity contribution in [2.45, 2.75) is 25.9 Å². The highest BCUT2D eigenvalue weighted by Gasteiger charge is 2.21. The molecule has 1 atom stereocenters. The number of hydrogen-bond donors (Lipinski definition) is 1. The second-order valence-electron chi connectivity index (χ2n) is 5.57. The number of hydrogen-bond acceptors (Lipinski definition) is 4. The Balaban J connectivity index is 1.46. The molecule has 2 aromatic heterocycles. The summed E-state index contributed by atoms with van der Waals surface area (Å²) in [7, 11) is 0. The van der Waals surface area contributed by atoms with Gasteiger partial charge in [-0.1, -0.05) is 0 Å². The summed E-state index contributed by atoms with van der Waals surface area (Å²) in [5.74, 6) is -0.0220. The minimum Gasteiger partial charge on any atom is -0.351 e. The van der Waals surface area contributed by atoms with Crippen LogP contribution in [0.4, 0.5) is 0 Å². The lowest BCUT2D eigenvalue weighted by atomic mass is 10.1. The van der Waals surface area contributed by atoms with Crippen LogP contribution in [-0.4, -0.2) is 29.9 Å². The normalized spacial score (nSPS) is 16.6. The Morgan fingerprint density at radius 1 is 1.45 bits per heavy atom. The number of amides is 1. The summed E-state index contributed by atoms with van der Waals surface area (Å²) >= 11 is 3.49. The van der Waals surface area contributed by atoms with E-state index in [-0.39, 0.29) is 5.91 Å². The van der Waals surface area contributed by atoms with Gasteiger partial charge in [-0.25, -0.2) is 0 Å². The molecule has 3 heterocycles. The molecule has 3 rings (SSSR count). The number of nitrogens with one attached hydrogen (secondary N) is 1. The lowest BCUT2D eigenvalue weighted by Crippen LogP contribution is -2.43. The van der Waals surface area contributed by atoms with Gasteiger partial charge in [-0.05, 0) is 58.8 Å². The van der Waals surface area contributed by atoms with Crippen molar-refractivity contribution in [1.29, 1.82) is 0 Å². The van der Waals surface area contributed by atoms with Crippen molar-refractivity contribution < 1.29 is 4.79 Å². The van der Waals surface area contributed by atoms with Gasteiger partial charge < -0.3 is 5.32 Å². The molecule has 0 saturated carbocycles. The molecule has 0 radical (unpaired) electrons. The molecule has 0 unspecified atom stereocenters. The van der Waals surface area contributed by atoms with Crippen LogP contribution in [0, 0.1) is 0 Å². The molecule has 3 nitrogen and oxygen atoms in total. The van der Waals surface area contributed by atoms with Gasteiger partial charge in [0.25, 0.3) is 0 Å². The first-order valence-corrected chi connectivity index (χ1v) is 9.32. The molecule has 1 aliphatic heterocycles. The van der Waals surface area contributed by atoms with Gasteiger partial charge in [-0.3, -0.25) is 9.69 Å². The van der Waals surface area contributed by atoms with Crippen LogP contribution in [0.25, 0.3) is 6.08 Å². The number of rotatable bonds is 5. The second-order valence-corrected chi connectivity index (χ2v) is 7.35. The quantitative estimate of drug-likeness (QED) is 0.851. The van der Waals surface area contributed by atoms with Crippen molar-refractivity contribution in [2.24, 2.45) is 0 Å². The largest absolute Gasteiger partial charge is 0.351 e. The Labute approximate surface area is 139 Å². The van der Waals surface area contributed by atoms with Crippen molar-refractivity contribution in [2.75, 3.05) is 13.1 Å². The fourth-order valence-electron chi connectivity index (χ4n) is 2.62. The average molecular weight is 332 g/mol. The van der Waals surface area contributed by atoms with Crippen LogP contribution >= 0.6 is 22.7 Å². The number of fused-ring (bicyclic) bond motifs is 1. The maximum atomic E-state index is 11.9. The number of carbonyl (C=O) groups is 1. The number of carbonyl (C=O) groups excluding carboxylic acids is 1. The minimum atomic E-state index is -0.0220. The molecular weight excluding hydrogens is 312 g/mol. The van der Waals surface area contributed by atoms with Gasteiger partial charge in [0, 0.05) is 36.6 Å². The molecule has 0 aromatic carbocycles. The molecule has 2 aromatic rings. The van der Waals surface area contributed by atoms with E-state index in [2.05, 4.69) is 28.6 Å². The van der Waals surface area contributed by atoms with Crippen LogP contribution in [-0.2, 0) is 17.8 Å². The summed E-state index contributed by atoms with van der Waals surface area (Å²) < 4.78 is 0. The van der Waals surface area contributed by atoms with Crippen LogP contribution < -0.4 is 5.32 Å². The predicted molar refractivity (Wildman–Crippen MR) is 94.3 cm³/mol. The van der Waals surface area contributed by atoms with Crippen LogP contribution in [0.5, 0.6) is 0 Å². The van der Waals surface area contributed by atoms with Crippen molar-refractivity contribution in [3.05, 3.63) is 50.4 Å². The van der Waals surface area contributed by atoms with Crippen LogP contribution in [0.15, 0.2) is 34.3 Å². The van der Waals surface area contributed by atoms with Gasteiger partial charge in [-0.2, -0.15) is 11.3 Å². The Bertz CT molecular complexity index is 645. The third-order valence-corrected chi connectivity index (χ3v) is 5.73. The van der Waals surface area contributed by atoms with E-state index in [1.165, 1.54) is 10.4 Å². The van der Waals surface area contributed by atoms with Gasteiger partial charge in [0.05, 0.1) is 0 Å². The van der Waals surface area contributed by atoms with E-state index in [4.69, 9.17) is 0 Å². The zero-order valence-electron chi connectivity index (χ0n) is 12.6. The summed E-state index contributed by atoms with van der Waals surface area (Å²) in [5, 5.41) is 9.21. The van der Waals surface area contributed by atoms with Gasteiger partial charge in [0.15, 0.2) is 0 Å². The van der Waals surface area contributed by atoms with E-state index in [9.17, 15) is 4.79 Å². The highest BCUT2D eigenvalue weighted by atomic mass is 32.1. The van der Waals surface area contributed by atoms with Gasteiger partial charge >= 0.3 is 0 Å². The summed E-state index contributed by atoms with van der Waals surface area (Å²) in [5.41, 5.74) is 2.53. The molecule has 1 amide bonds. The average Bonchev–Trinajstić information content (AvgIpc) is 3.20. The predicted octanol–water partition coefficient (Wildman–Crippen LogP) is 3.39. The molecule has 0 saturated heterocycles. The van der Waals surface area contributed by atoms with Crippen LogP contribution in [0.3, 0.4) is 0 Å². The van der Waals surface area contributed by atoms with E-state index in [1.54, 1.807) is 17.4 Å². The zero-order valence-corrected chi connectivity index (χ0v) is 14.3. The van der Waals surface area contributed by atoms with Crippen molar-refractivity contribution in [1.82, 2.24) is 10.2 Å². The summed E-state index contributed by atoms with van der Waals surface area (Å²) in [4.78, 5) is 15.8. The fraction of sp³-hybridized carbons (Fsp3) is 0.353. The number of thiophene rings is 2. The van der Waals surface area contributed by atoms with E-state index in [0.29, 0.717) is 12.6 Å². The number of nitrogens with zero attached hydrogens (tertiary/aromatic N) is 1. The molecule has 1 N–H and O–H groups in total. The minimum absolute atomic E-state index is 0.0220. The maximum absolute atomic E-state index is 11.9. The molecule has 5 heteroatoms. The van der Waals surface area contributed by atoms with Gasteiger partial charge in [0.1, 0.15) is 0 Å². The first-order chi connectivity index (χ1) is 10.7. The Hall–Kier alpha value is -1.43. The molecule has 116 valence electrons. The highest BCUT2D eigenvalue weighted by molar-refractivity contribution is 7.10.